The number of fused-ring (bicyclic) bond motifs is 1. The van der Waals surface area contributed by atoms with Crippen LogP contribution >= 0.6 is 0 Å². The molecule has 2 aromatic carbocycles. The number of benzene rings is 2. The number of rotatable bonds is 2. The fourth-order valence-electron chi connectivity index (χ4n) is 2.06. The number of hydrogen-bond donors (Lipinski definition) is 2. The Balaban J connectivity index is 1.79. The van der Waals surface area contributed by atoms with Gasteiger partial charge in [0.25, 0.3) is 0 Å². The number of nitrogens with one attached hydrogen (secondary N) is 2. The van der Waals surface area contributed by atoms with Crippen LogP contribution in [0.15, 0.2) is 51.7 Å². The number of nitrogens with zero attached hydrogens (tertiary/aromatic N) is 1. The number of amides is 2. The van der Waals surface area contributed by atoms with Gasteiger partial charge in [-0.1, -0.05) is 12.1 Å². The van der Waals surface area contributed by atoms with Crippen molar-refractivity contribution in [2.45, 2.75) is 0 Å². The molecule has 0 spiro atoms. The Morgan fingerprint density at radius 1 is 1.18 bits per heavy atom. The minimum Gasteiger partial charge on any atom is -0.408 e. The summed E-state index contributed by atoms with van der Waals surface area (Å²) in [4.78, 5) is 23.3. The zero-order valence-corrected chi connectivity index (χ0v) is 11.6. The molecule has 0 radical (unpaired) electrons. The molecule has 1 aromatic heterocycles. The summed E-state index contributed by atoms with van der Waals surface area (Å²) in [5, 5.41) is 4.95. The number of carbonyl (C=O) groups is 1. The number of oxazole rings is 1. The lowest BCUT2D eigenvalue weighted by atomic mass is 10.3. The SMILES string of the molecule is Cn1c(=O)oc2cc(NC(=O)Nc3ccccc3F)ccc21. The first kappa shape index (κ1) is 13.9. The summed E-state index contributed by atoms with van der Waals surface area (Å²) < 4.78 is 19.8. The van der Waals surface area contributed by atoms with Crippen molar-refractivity contribution in [1.29, 1.82) is 0 Å². The maximum Gasteiger partial charge on any atom is 0.419 e. The summed E-state index contributed by atoms with van der Waals surface area (Å²) in [6.45, 7) is 0. The predicted molar refractivity (Wildman–Crippen MR) is 80.5 cm³/mol. The highest BCUT2D eigenvalue weighted by Gasteiger charge is 2.09. The summed E-state index contributed by atoms with van der Waals surface area (Å²) >= 11 is 0. The van der Waals surface area contributed by atoms with Crippen LogP contribution in [0.5, 0.6) is 0 Å². The number of carbonyl (C=O) groups excluding carboxylic acids is 1. The Hall–Kier alpha value is -3.09. The third-order valence-electron chi connectivity index (χ3n) is 3.17. The molecule has 2 N–H and O–H groups in total. The Morgan fingerprint density at radius 3 is 2.73 bits per heavy atom. The molecule has 2 amide bonds. The van der Waals surface area contributed by atoms with Gasteiger partial charge < -0.3 is 15.1 Å². The molecular weight excluding hydrogens is 289 g/mol. The average Bonchev–Trinajstić information content (AvgIpc) is 2.76. The molecule has 0 bridgehead atoms. The minimum absolute atomic E-state index is 0.0762. The molecule has 3 aromatic rings. The number of para-hydroxylation sites is 1. The smallest absolute Gasteiger partial charge is 0.408 e. The zero-order valence-electron chi connectivity index (χ0n) is 11.6. The van der Waals surface area contributed by atoms with Crippen LogP contribution in [0, 0.1) is 5.82 Å². The summed E-state index contributed by atoms with van der Waals surface area (Å²) in [6, 6.07) is 10.1. The number of urea groups is 1. The molecule has 0 fully saturated rings. The second-order valence-electron chi connectivity index (χ2n) is 4.67. The number of anilines is 2. The third kappa shape index (κ3) is 2.56. The van der Waals surface area contributed by atoms with Gasteiger partial charge in [-0.2, -0.15) is 0 Å². The zero-order chi connectivity index (χ0) is 15.7. The first-order valence-corrected chi connectivity index (χ1v) is 6.47. The maximum absolute atomic E-state index is 13.4. The van der Waals surface area contributed by atoms with Crippen molar-refractivity contribution in [3.05, 3.63) is 58.8 Å². The standard InChI is InChI=1S/C15H12FN3O3/c1-19-12-7-6-9(8-13(12)22-15(19)21)17-14(20)18-11-5-3-2-4-10(11)16/h2-8H,1H3,(H2,17,18,20). The molecule has 0 saturated carbocycles. The van der Waals surface area contributed by atoms with Crippen LogP contribution in [0.1, 0.15) is 0 Å². The van der Waals surface area contributed by atoms with Crippen LogP contribution < -0.4 is 16.4 Å². The lowest BCUT2D eigenvalue weighted by Gasteiger charge is -2.08. The van der Waals surface area contributed by atoms with E-state index in [-0.39, 0.29) is 5.69 Å². The van der Waals surface area contributed by atoms with Gasteiger partial charge in [0, 0.05) is 18.8 Å². The van der Waals surface area contributed by atoms with Crippen LogP contribution in [-0.2, 0) is 7.05 Å². The molecular formula is C15H12FN3O3. The highest BCUT2D eigenvalue weighted by Crippen LogP contribution is 2.18. The van der Waals surface area contributed by atoms with E-state index >= 15 is 0 Å². The quantitative estimate of drug-likeness (QED) is 0.764. The monoisotopic (exact) mass is 301 g/mol. The molecule has 7 heteroatoms. The molecule has 0 saturated heterocycles. The van der Waals surface area contributed by atoms with Crippen LogP contribution in [-0.4, -0.2) is 10.6 Å². The molecule has 6 nitrogen and oxygen atoms in total. The van der Waals surface area contributed by atoms with Gasteiger partial charge >= 0.3 is 11.8 Å². The highest BCUT2D eigenvalue weighted by atomic mass is 19.1. The lowest BCUT2D eigenvalue weighted by Crippen LogP contribution is -2.20. The Labute approximate surface area is 124 Å². The lowest BCUT2D eigenvalue weighted by molar-refractivity contribution is 0.262. The van der Waals surface area contributed by atoms with Crippen molar-refractivity contribution in [2.75, 3.05) is 10.6 Å². The molecule has 1 heterocycles. The molecule has 22 heavy (non-hydrogen) atoms. The summed E-state index contributed by atoms with van der Waals surface area (Å²) in [6.07, 6.45) is 0. The Bertz CT molecular complexity index is 914. The van der Waals surface area contributed by atoms with E-state index in [9.17, 15) is 14.0 Å². The van der Waals surface area contributed by atoms with E-state index in [1.165, 1.54) is 28.8 Å². The molecule has 112 valence electrons. The number of halogens is 1. The second kappa shape index (κ2) is 5.36. The van der Waals surface area contributed by atoms with E-state index in [0.717, 1.165) is 0 Å². The Morgan fingerprint density at radius 2 is 1.95 bits per heavy atom. The van der Waals surface area contributed by atoms with Gasteiger partial charge in [-0.3, -0.25) is 4.57 Å². The molecule has 0 aliphatic heterocycles. The van der Waals surface area contributed by atoms with Crippen molar-refractivity contribution >= 4 is 28.5 Å². The predicted octanol–water partition coefficient (Wildman–Crippen LogP) is 2.91. The highest BCUT2D eigenvalue weighted by molar-refractivity contribution is 6.00. The molecule has 0 unspecified atom stereocenters. The van der Waals surface area contributed by atoms with E-state index < -0.39 is 17.6 Å². The van der Waals surface area contributed by atoms with Crippen molar-refractivity contribution in [2.24, 2.45) is 7.05 Å². The molecule has 0 aliphatic carbocycles. The fraction of sp³-hybridized carbons (Fsp3) is 0.0667. The Kier molecular flexibility index (Phi) is 3.38. The van der Waals surface area contributed by atoms with Gasteiger partial charge in [0.15, 0.2) is 5.58 Å². The van der Waals surface area contributed by atoms with Crippen molar-refractivity contribution in [3.63, 3.8) is 0 Å². The van der Waals surface area contributed by atoms with Crippen LogP contribution in [0.2, 0.25) is 0 Å². The molecule has 0 atom stereocenters. The van der Waals surface area contributed by atoms with Gasteiger partial charge in [0.2, 0.25) is 0 Å². The van der Waals surface area contributed by atoms with Crippen LogP contribution in [0.25, 0.3) is 11.1 Å². The van der Waals surface area contributed by atoms with Gasteiger partial charge in [0.05, 0.1) is 11.2 Å². The first-order chi connectivity index (χ1) is 10.5. The number of aryl methyl sites for hydroxylation is 1. The van der Waals surface area contributed by atoms with Crippen molar-refractivity contribution < 1.29 is 13.6 Å². The minimum atomic E-state index is -0.595. The van der Waals surface area contributed by atoms with Crippen LogP contribution in [0.4, 0.5) is 20.6 Å². The number of hydrogen-bond acceptors (Lipinski definition) is 3. The van der Waals surface area contributed by atoms with E-state index in [4.69, 9.17) is 4.42 Å². The van der Waals surface area contributed by atoms with Crippen molar-refractivity contribution in [1.82, 2.24) is 4.57 Å². The second-order valence-corrected chi connectivity index (χ2v) is 4.67. The van der Waals surface area contributed by atoms with Gasteiger partial charge in [-0.15, -0.1) is 0 Å². The average molecular weight is 301 g/mol. The van der Waals surface area contributed by atoms with Gasteiger partial charge in [0.1, 0.15) is 5.82 Å². The number of aromatic nitrogens is 1. The largest absolute Gasteiger partial charge is 0.419 e. The summed E-state index contributed by atoms with van der Waals surface area (Å²) in [5.74, 6) is -1.01. The van der Waals surface area contributed by atoms with E-state index in [1.54, 1.807) is 25.2 Å². The van der Waals surface area contributed by atoms with E-state index in [2.05, 4.69) is 10.6 Å². The summed E-state index contributed by atoms with van der Waals surface area (Å²) in [7, 11) is 1.59. The topological polar surface area (TPSA) is 76.3 Å². The third-order valence-corrected chi connectivity index (χ3v) is 3.17. The normalized spacial score (nSPS) is 10.6. The van der Waals surface area contributed by atoms with E-state index in [0.29, 0.717) is 16.8 Å². The first-order valence-electron chi connectivity index (χ1n) is 6.47. The maximum atomic E-state index is 13.4. The van der Waals surface area contributed by atoms with Gasteiger partial charge in [-0.05, 0) is 24.3 Å². The fourth-order valence-corrected chi connectivity index (χ4v) is 2.06. The van der Waals surface area contributed by atoms with Gasteiger partial charge in [-0.25, -0.2) is 14.0 Å². The van der Waals surface area contributed by atoms with E-state index in [1.807, 2.05) is 0 Å². The molecule has 3 rings (SSSR count). The van der Waals surface area contributed by atoms with Crippen LogP contribution in [0.3, 0.4) is 0 Å². The molecule has 0 aliphatic rings. The summed E-state index contributed by atoms with van der Waals surface area (Å²) in [5.41, 5.74) is 1.48. The van der Waals surface area contributed by atoms with Crippen molar-refractivity contribution in [3.8, 4) is 0 Å².